The lowest BCUT2D eigenvalue weighted by molar-refractivity contribution is 0.414. The van der Waals surface area contributed by atoms with Crippen molar-refractivity contribution in [3.05, 3.63) is 95.4 Å². The van der Waals surface area contributed by atoms with Crippen LogP contribution in [0.3, 0.4) is 0 Å². The predicted molar refractivity (Wildman–Crippen MR) is 130 cm³/mol. The summed E-state index contributed by atoms with van der Waals surface area (Å²) in [7, 11) is 3.36. The first-order valence-corrected chi connectivity index (χ1v) is 11.3. The first-order chi connectivity index (χ1) is 15.7. The van der Waals surface area contributed by atoms with Crippen molar-refractivity contribution in [1.29, 1.82) is 0 Å². The van der Waals surface area contributed by atoms with Crippen molar-refractivity contribution in [2.24, 2.45) is 5.10 Å². The molecule has 1 unspecified atom stereocenters. The van der Waals surface area contributed by atoms with Gasteiger partial charge >= 0.3 is 0 Å². The number of hydrogen-bond acceptors (Lipinski definition) is 6. The molecule has 6 heteroatoms. The summed E-state index contributed by atoms with van der Waals surface area (Å²) < 4.78 is 10.7. The predicted octanol–water partition coefficient (Wildman–Crippen LogP) is 6.18. The second-order valence-corrected chi connectivity index (χ2v) is 8.33. The van der Waals surface area contributed by atoms with Crippen LogP contribution in [0.25, 0.3) is 11.3 Å². The number of methoxy groups -OCH3 is 2. The maximum absolute atomic E-state index is 5.34. The van der Waals surface area contributed by atoms with Crippen molar-refractivity contribution >= 4 is 22.2 Å². The van der Waals surface area contributed by atoms with Gasteiger partial charge in [0.2, 0.25) is 5.13 Å². The molecule has 0 radical (unpaired) electrons. The van der Waals surface area contributed by atoms with Crippen molar-refractivity contribution in [2.75, 3.05) is 19.2 Å². The Bertz CT molecular complexity index is 1220. The lowest BCUT2D eigenvalue weighted by Crippen LogP contribution is -2.18. The largest absolute Gasteiger partial charge is 0.497 e. The Morgan fingerprint density at radius 1 is 0.812 bits per heavy atom. The molecule has 5 nitrogen and oxygen atoms in total. The summed E-state index contributed by atoms with van der Waals surface area (Å²) in [4.78, 5) is 4.92. The third-order valence-corrected chi connectivity index (χ3v) is 6.42. The summed E-state index contributed by atoms with van der Waals surface area (Å²) in [5.74, 6) is 1.68. The van der Waals surface area contributed by atoms with E-state index in [0.29, 0.717) is 0 Å². The van der Waals surface area contributed by atoms with Gasteiger partial charge in [0.05, 0.1) is 31.7 Å². The van der Waals surface area contributed by atoms with Crippen LogP contribution in [0, 0.1) is 0 Å². The summed E-state index contributed by atoms with van der Waals surface area (Å²) in [5, 5.41) is 10.0. The molecule has 0 bridgehead atoms. The minimum Gasteiger partial charge on any atom is -0.497 e. The summed E-state index contributed by atoms with van der Waals surface area (Å²) >= 11 is 1.61. The van der Waals surface area contributed by atoms with E-state index in [4.69, 9.17) is 19.6 Å². The second-order valence-electron chi connectivity index (χ2n) is 7.49. The van der Waals surface area contributed by atoms with Gasteiger partial charge in [0, 0.05) is 17.4 Å². The van der Waals surface area contributed by atoms with Crippen molar-refractivity contribution in [2.45, 2.75) is 12.5 Å². The molecule has 1 atom stereocenters. The van der Waals surface area contributed by atoms with Crippen LogP contribution < -0.4 is 14.5 Å². The second kappa shape index (κ2) is 8.85. The van der Waals surface area contributed by atoms with Gasteiger partial charge in [-0.15, -0.1) is 11.3 Å². The average Bonchev–Trinajstić information content (AvgIpc) is 3.52. The lowest BCUT2D eigenvalue weighted by atomic mass is 9.98. The SMILES string of the molecule is COc1ccc(C2=NN(c3nc(-c4ccccc4)cs3)C(c3ccc(OC)cc3)C2)cc1. The van der Waals surface area contributed by atoms with E-state index in [1.54, 1.807) is 25.6 Å². The molecule has 0 amide bonds. The van der Waals surface area contributed by atoms with Gasteiger partial charge in [-0.1, -0.05) is 42.5 Å². The van der Waals surface area contributed by atoms with Gasteiger partial charge in [-0.3, -0.25) is 0 Å². The van der Waals surface area contributed by atoms with Crippen LogP contribution in [0.1, 0.15) is 23.6 Å². The molecule has 5 rings (SSSR count). The summed E-state index contributed by atoms with van der Waals surface area (Å²) in [6.07, 6.45) is 0.791. The molecule has 1 aliphatic heterocycles. The Labute approximate surface area is 191 Å². The van der Waals surface area contributed by atoms with Gasteiger partial charge in [-0.25, -0.2) is 9.99 Å². The van der Waals surface area contributed by atoms with E-state index in [1.807, 2.05) is 42.5 Å². The fourth-order valence-corrected chi connectivity index (χ4v) is 4.67. The molecule has 2 heterocycles. The van der Waals surface area contributed by atoms with Crippen LogP contribution in [-0.2, 0) is 0 Å². The Balaban J connectivity index is 1.51. The Morgan fingerprint density at radius 3 is 2.12 bits per heavy atom. The summed E-state index contributed by atoms with van der Waals surface area (Å²) in [6, 6.07) is 26.6. The molecule has 0 N–H and O–H groups in total. The van der Waals surface area contributed by atoms with Gasteiger partial charge in [0.25, 0.3) is 0 Å². The minimum absolute atomic E-state index is 0.0628. The van der Waals surface area contributed by atoms with Crippen molar-refractivity contribution in [1.82, 2.24) is 4.98 Å². The maximum Gasteiger partial charge on any atom is 0.207 e. The fraction of sp³-hybridized carbons (Fsp3) is 0.154. The molecular formula is C26H23N3O2S. The highest BCUT2D eigenvalue weighted by Gasteiger charge is 2.31. The third-order valence-electron chi connectivity index (χ3n) is 5.59. The first kappa shape index (κ1) is 20.3. The van der Waals surface area contributed by atoms with Crippen molar-refractivity contribution in [3.8, 4) is 22.8 Å². The van der Waals surface area contributed by atoms with Gasteiger partial charge in [0.1, 0.15) is 11.5 Å². The van der Waals surface area contributed by atoms with Crippen LogP contribution in [0.2, 0.25) is 0 Å². The molecule has 0 saturated carbocycles. The lowest BCUT2D eigenvalue weighted by Gasteiger charge is -2.21. The van der Waals surface area contributed by atoms with Crippen molar-refractivity contribution in [3.63, 3.8) is 0 Å². The molecule has 0 spiro atoms. The number of anilines is 1. The standard InChI is InChI=1S/C26H23N3O2S/c1-30-21-12-8-19(9-13-21)23-16-25(20-10-14-22(31-2)15-11-20)29(28-23)26-27-24(17-32-26)18-6-4-3-5-7-18/h3-15,17,25H,16H2,1-2H3. The summed E-state index contributed by atoms with van der Waals surface area (Å²) in [6.45, 7) is 0. The molecule has 1 aromatic heterocycles. The number of thiazole rings is 1. The van der Waals surface area contributed by atoms with Crippen LogP contribution >= 0.6 is 11.3 Å². The smallest absolute Gasteiger partial charge is 0.207 e. The number of rotatable bonds is 6. The van der Waals surface area contributed by atoms with E-state index >= 15 is 0 Å². The molecule has 160 valence electrons. The van der Waals surface area contributed by atoms with E-state index in [0.717, 1.165) is 45.6 Å². The Kier molecular flexibility index (Phi) is 5.60. The molecule has 4 aromatic rings. The Hall–Kier alpha value is -3.64. The van der Waals surface area contributed by atoms with Crippen LogP contribution in [0.15, 0.2) is 89.3 Å². The van der Waals surface area contributed by atoms with E-state index < -0.39 is 0 Å². The summed E-state index contributed by atoms with van der Waals surface area (Å²) in [5.41, 5.74) is 5.37. The molecule has 32 heavy (non-hydrogen) atoms. The highest BCUT2D eigenvalue weighted by molar-refractivity contribution is 7.14. The molecule has 1 aliphatic rings. The van der Waals surface area contributed by atoms with Gasteiger partial charge < -0.3 is 9.47 Å². The van der Waals surface area contributed by atoms with E-state index in [9.17, 15) is 0 Å². The number of aromatic nitrogens is 1. The molecule has 0 saturated heterocycles. The normalized spacial score (nSPS) is 15.5. The zero-order valence-corrected chi connectivity index (χ0v) is 18.8. The molecule has 0 aliphatic carbocycles. The minimum atomic E-state index is 0.0628. The quantitative estimate of drug-likeness (QED) is 0.358. The fourth-order valence-electron chi connectivity index (χ4n) is 3.84. The number of ether oxygens (including phenoxy) is 2. The molecular weight excluding hydrogens is 418 g/mol. The monoisotopic (exact) mass is 441 g/mol. The number of nitrogens with zero attached hydrogens (tertiary/aromatic N) is 3. The number of hydrogen-bond donors (Lipinski definition) is 0. The van der Waals surface area contributed by atoms with Gasteiger partial charge in [-0.2, -0.15) is 5.10 Å². The van der Waals surface area contributed by atoms with Crippen LogP contribution in [0.4, 0.5) is 5.13 Å². The first-order valence-electron chi connectivity index (χ1n) is 10.4. The van der Waals surface area contributed by atoms with Crippen LogP contribution in [0.5, 0.6) is 11.5 Å². The molecule has 3 aromatic carbocycles. The third kappa shape index (κ3) is 3.97. The van der Waals surface area contributed by atoms with E-state index in [1.165, 1.54) is 5.56 Å². The van der Waals surface area contributed by atoms with Crippen molar-refractivity contribution < 1.29 is 9.47 Å². The number of hydrazone groups is 1. The zero-order chi connectivity index (χ0) is 21.9. The van der Waals surface area contributed by atoms with Gasteiger partial charge in [-0.05, 0) is 47.5 Å². The maximum atomic E-state index is 5.34. The topological polar surface area (TPSA) is 47.0 Å². The van der Waals surface area contributed by atoms with E-state index in [-0.39, 0.29) is 6.04 Å². The Morgan fingerprint density at radius 2 is 1.47 bits per heavy atom. The van der Waals surface area contributed by atoms with Gasteiger partial charge in [0.15, 0.2) is 0 Å². The molecule has 0 fully saturated rings. The average molecular weight is 442 g/mol. The zero-order valence-electron chi connectivity index (χ0n) is 17.9. The highest BCUT2D eigenvalue weighted by atomic mass is 32.1. The number of benzene rings is 3. The highest BCUT2D eigenvalue weighted by Crippen LogP contribution is 2.39. The van der Waals surface area contributed by atoms with E-state index in [2.05, 4.69) is 46.8 Å². The van der Waals surface area contributed by atoms with Crippen LogP contribution in [-0.4, -0.2) is 24.9 Å².